The Morgan fingerprint density at radius 3 is 2.94 bits per heavy atom. The second-order valence-electron chi connectivity index (χ2n) is 3.53. The minimum Gasteiger partial charge on any atom is -0.364 e. The van der Waals surface area contributed by atoms with Gasteiger partial charge in [-0.25, -0.2) is 0 Å². The second kappa shape index (κ2) is 4.37. The van der Waals surface area contributed by atoms with E-state index in [0.29, 0.717) is 6.54 Å². The van der Waals surface area contributed by atoms with Crippen LogP contribution in [0.4, 0.5) is 5.82 Å². The van der Waals surface area contributed by atoms with Crippen molar-refractivity contribution < 1.29 is 0 Å². The number of rotatable bonds is 3. The monoisotopic (exact) mass is 232 g/mol. The fraction of sp³-hybridized carbons (Fsp3) is 0.273. The largest absolute Gasteiger partial charge is 0.364 e. The summed E-state index contributed by atoms with van der Waals surface area (Å²) < 4.78 is 1.83. The van der Waals surface area contributed by atoms with Gasteiger partial charge in [-0.05, 0) is 19.1 Å². The summed E-state index contributed by atoms with van der Waals surface area (Å²) in [5, 5.41) is 16.2. The van der Waals surface area contributed by atoms with Crippen LogP contribution in [0.5, 0.6) is 0 Å². The molecule has 2 heterocycles. The lowest BCUT2D eigenvalue weighted by Crippen LogP contribution is -1.99. The molecular weight excluding hydrogens is 220 g/mol. The van der Waals surface area contributed by atoms with Crippen LogP contribution in [-0.4, -0.2) is 9.78 Å². The van der Waals surface area contributed by atoms with Gasteiger partial charge in [0.1, 0.15) is 16.8 Å². The highest BCUT2D eigenvalue weighted by molar-refractivity contribution is 7.12. The fourth-order valence-corrected chi connectivity index (χ4v) is 2.10. The van der Waals surface area contributed by atoms with Gasteiger partial charge < -0.3 is 5.32 Å². The molecule has 0 unspecified atom stereocenters. The van der Waals surface area contributed by atoms with Crippen LogP contribution < -0.4 is 5.32 Å². The van der Waals surface area contributed by atoms with E-state index in [-0.39, 0.29) is 0 Å². The van der Waals surface area contributed by atoms with Gasteiger partial charge in [0.2, 0.25) is 0 Å². The van der Waals surface area contributed by atoms with Gasteiger partial charge in [-0.1, -0.05) is 0 Å². The number of nitriles is 1. The molecule has 0 saturated heterocycles. The van der Waals surface area contributed by atoms with Crippen molar-refractivity contribution in [1.82, 2.24) is 9.78 Å². The number of nitrogens with zero attached hydrogens (tertiary/aromatic N) is 3. The quantitative estimate of drug-likeness (QED) is 0.883. The highest BCUT2D eigenvalue weighted by atomic mass is 32.1. The number of hydrogen-bond acceptors (Lipinski definition) is 4. The van der Waals surface area contributed by atoms with Gasteiger partial charge in [-0.2, -0.15) is 10.4 Å². The molecule has 2 aromatic heterocycles. The van der Waals surface area contributed by atoms with Crippen molar-refractivity contribution in [2.75, 3.05) is 5.32 Å². The van der Waals surface area contributed by atoms with E-state index in [1.54, 1.807) is 0 Å². The Morgan fingerprint density at radius 2 is 2.38 bits per heavy atom. The average Bonchev–Trinajstić information content (AvgIpc) is 2.84. The predicted molar refractivity (Wildman–Crippen MR) is 64.3 cm³/mol. The average molecular weight is 232 g/mol. The SMILES string of the molecule is Cc1cc(NCc2ccc(C#N)s2)nn1C. The number of thiophene rings is 1. The molecule has 5 heteroatoms. The summed E-state index contributed by atoms with van der Waals surface area (Å²) in [5.41, 5.74) is 1.12. The van der Waals surface area contributed by atoms with E-state index in [9.17, 15) is 0 Å². The van der Waals surface area contributed by atoms with Crippen LogP contribution >= 0.6 is 11.3 Å². The molecule has 0 saturated carbocycles. The lowest BCUT2D eigenvalue weighted by Gasteiger charge is -1.98. The highest BCUT2D eigenvalue weighted by Gasteiger charge is 2.02. The Balaban J connectivity index is 1.99. The maximum atomic E-state index is 8.70. The smallest absolute Gasteiger partial charge is 0.148 e. The van der Waals surface area contributed by atoms with E-state index in [0.717, 1.165) is 21.3 Å². The molecule has 0 radical (unpaired) electrons. The van der Waals surface area contributed by atoms with E-state index >= 15 is 0 Å². The van der Waals surface area contributed by atoms with Crippen LogP contribution in [0.15, 0.2) is 18.2 Å². The zero-order valence-electron chi connectivity index (χ0n) is 9.19. The van der Waals surface area contributed by atoms with E-state index in [1.165, 1.54) is 11.3 Å². The summed E-state index contributed by atoms with van der Waals surface area (Å²) >= 11 is 1.50. The summed E-state index contributed by atoms with van der Waals surface area (Å²) in [7, 11) is 1.92. The topological polar surface area (TPSA) is 53.6 Å². The van der Waals surface area contributed by atoms with Crippen LogP contribution in [0.3, 0.4) is 0 Å². The molecule has 0 amide bonds. The molecule has 16 heavy (non-hydrogen) atoms. The lowest BCUT2D eigenvalue weighted by atomic mass is 10.4. The van der Waals surface area contributed by atoms with Crippen LogP contribution in [0, 0.1) is 18.3 Å². The second-order valence-corrected chi connectivity index (χ2v) is 4.69. The van der Waals surface area contributed by atoms with Gasteiger partial charge >= 0.3 is 0 Å². The summed E-state index contributed by atoms with van der Waals surface area (Å²) in [4.78, 5) is 1.88. The van der Waals surface area contributed by atoms with E-state index in [4.69, 9.17) is 5.26 Å². The molecule has 4 nitrogen and oxygen atoms in total. The van der Waals surface area contributed by atoms with Crippen LogP contribution in [0.25, 0.3) is 0 Å². The van der Waals surface area contributed by atoms with Crippen LogP contribution in [0.2, 0.25) is 0 Å². The molecule has 0 spiro atoms. The van der Waals surface area contributed by atoms with Gasteiger partial charge in [0, 0.05) is 23.7 Å². The first-order valence-electron chi connectivity index (χ1n) is 4.92. The molecule has 0 aliphatic carbocycles. The molecule has 2 rings (SSSR count). The minimum atomic E-state index is 0.711. The van der Waals surface area contributed by atoms with Crippen molar-refractivity contribution in [1.29, 1.82) is 5.26 Å². The van der Waals surface area contributed by atoms with Gasteiger partial charge in [0.05, 0.1) is 6.54 Å². The van der Waals surface area contributed by atoms with Gasteiger partial charge in [0.15, 0.2) is 0 Å². The molecule has 0 aliphatic rings. The molecule has 82 valence electrons. The van der Waals surface area contributed by atoms with Crippen molar-refractivity contribution in [3.63, 3.8) is 0 Å². The normalized spacial score (nSPS) is 10.1. The molecule has 0 aromatic carbocycles. The van der Waals surface area contributed by atoms with Crippen LogP contribution in [-0.2, 0) is 13.6 Å². The van der Waals surface area contributed by atoms with Crippen LogP contribution in [0.1, 0.15) is 15.4 Å². The number of anilines is 1. The van der Waals surface area contributed by atoms with Gasteiger partial charge in [-0.15, -0.1) is 11.3 Å². The summed E-state index contributed by atoms with van der Waals surface area (Å²) in [6, 6.07) is 7.93. The molecule has 2 aromatic rings. The van der Waals surface area contributed by atoms with Gasteiger partial charge in [0.25, 0.3) is 0 Å². The third-order valence-corrected chi connectivity index (χ3v) is 3.32. The molecule has 0 aliphatic heterocycles. The Morgan fingerprint density at radius 1 is 1.56 bits per heavy atom. The maximum absolute atomic E-state index is 8.70. The minimum absolute atomic E-state index is 0.711. The predicted octanol–water partition coefficient (Wildman–Crippen LogP) is 2.27. The molecule has 0 atom stereocenters. The molecule has 1 N–H and O–H groups in total. The summed E-state index contributed by atoms with van der Waals surface area (Å²) in [5.74, 6) is 0.868. The number of nitrogens with one attached hydrogen (secondary N) is 1. The first kappa shape index (κ1) is 10.7. The van der Waals surface area contributed by atoms with Crippen molar-refractivity contribution in [2.24, 2.45) is 7.05 Å². The third-order valence-electron chi connectivity index (χ3n) is 2.33. The van der Waals surface area contributed by atoms with E-state index < -0.39 is 0 Å². The summed E-state index contributed by atoms with van der Waals surface area (Å²) in [6.45, 7) is 2.72. The highest BCUT2D eigenvalue weighted by Crippen LogP contribution is 2.17. The molecule has 0 bridgehead atoms. The number of aromatic nitrogens is 2. The van der Waals surface area contributed by atoms with E-state index in [1.807, 2.05) is 36.9 Å². The van der Waals surface area contributed by atoms with Crippen molar-refractivity contribution in [3.8, 4) is 6.07 Å². The molecular formula is C11H12N4S. The zero-order valence-corrected chi connectivity index (χ0v) is 10.0. The first-order valence-corrected chi connectivity index (χ1v) is 5.74. The van der Waals surface area contributed by atoms with Gasteiger partial charge in [-0.3, -0.25) is 4.68 Å². The summed E-state index contributed by atoms with van der Waals surface area (Å²) in [6.07, 6.45) is 0. The van der Waals surface area contributed by atoms with Crippen molar-refractivity contribution >= 4 is 17.2 Å². The Labute approximate surface area is 98.1 Å². The number of aryl methyl sites for hydroxylation is 2. The number of hydrogen-bond donors (Lipinski definition) is 1. The molecule has 0 fully saturated rings. The Kier molecular flexibility index (Phi) is 2.93. The third kappa shape index (κ3) is 2.23. The first-order chi connectivity index (χ1) is 7.69. The van der Waals surface area contributed by atoms with E-state index in [2.05, 4.69) is 16.5 Å². The Hall–Kier alpha value is -1.80. The maximum Gasteiger partial charge on any atom is 0.148 e. The lowest BCUT2D eigenvalue weighted by molar-refractivity contribution is 0.741. The zero-order chi connectivity index (χ0) is 11.5. The standard InChI is InChI=1S/C11H12N4S/c1-8-5-11(14-15(8)2)13-7-10-4-3-9(6-12)16-10/h3-5H,7H2,1-2H3,(H,13,14). The fourth-order valence-electron chi connectivity index (χ4n) is 1.36. The Bertz CT molecular complexity index is 513. The van der Waals surface area contributed by atoms with Crippen molar-refractivity contribution in [3.05, 3.63) is 33.6 Å². The van der Waals surface area contributed by atoms with Crippen molar-refractivity contribution in [2.45, 2.75) is 13.5 Å².